The monoisotopic (exact) mass is 411 g/mol. The van der Waals surface area contributed by atoms with E-state index in [0.717, 1.165) is 28.2 Å². The van der Waals surface area contributed by atoms with Crippen LogP contribution in [0.5, 0.6) is 0 Å². The van der Waals surface area contributed by atoms with Crippen LogP contribution in [-0.2, 0) is 11.3 Å². The maximum atomic E-state index is 12.6. The summed E-state index contributed by atoms with van der Waals surface area (Å²) in [5, 5.41) is 4.38. The second-order valence-electron chi connectivity index (χ2n) is 7.35. The van der Waals surface area contributed by atoms with E-state index in [4.69, 9.17) is 0 Å². The number of carbonyl (C=O) groups excluding carboxylic acids is 1. The van der Waals surface area contributed by atoms with Crippen molar-refractivity contribution in [2.75, 3.05) is 14.1 Å². The minimum Gasteiger partial charge on any atom is -0.342 e. The molecule has 1 aliphatic heterocycles. The zero-order valence-corrected chi connectivity index (χ0v) is 17.7. The third-order valence-electron chi connectivity index (χ3n) is 5.52. The predicted molar refractivity (Wildman–Crippen MR) is 127 cm³/mol. The summed E-state index contributed by atoms with van der Waals surface area (Å²) in [5.74, 6) is -0.00788. The molecule has 0 aliphatic carbocycles. The Labute approximate surface area is 179 Å². The molecule has 1 saturated heterocycles. The van der Waals surface area contributed by atoms with Crippen LogP contribution in [0.15, 0.2) is 82.8 Å². The number of likely N-dealkylation sites (N-methyl/N-ethyl adjacent to an activating group) is 1. The highest BCUT2D eigenvalue weighted by atomic mass is 32.2. The zero-order chi connectivity index (χ0) is 20.7. The maximum absolute atomic E-state index is 12.6. The third-order valence-corrected chi connectivity index (χ3v) is 6.67. The topological polar surface area (TPSA) is 37.6 Å². The first-order valence-corrected chi connectivity index (χ1v) is 10.7. The van der Waals surface area contributed by atoms with Gasteiger partial charge in [0, 0.05) is 43.3 Å². The van der Waals surface area contributed by atoms with Crippen molar-refractivity contribution in [1.82, 2.24) is 9.47 Å². The van der Waals surface area contributed by atoms with Crippen molar-refractivity contribution in [2.45, 2.75) is 6.54 Å². The molecule has 0 N–H and O–H groups in total. The van der Waals surface area contributed by atoms with Gasteiger partial charge in [-0.05, 0) is 40.2 Å². The van der Waals surface area contributed by atoms with Crippen molar-refractivity contribution in [3.8, 4) is 0 Å². The quantitative estimate of drug-likeness (QED) is 0.425. The van der Waals surface area contributed by atoms with Gasteiger partial charge in [0.15, 0.2) is 5.17 Å². The van der Waals surface area contributed by atoms with Gasteiger partial charge in [0.25, 0.3) is 5.91 Å². The average molecular weight is 412 g/mol. The fraction of sp³-hybridized carbons (Fsp3) is 0.120. The van der Waals surface area contributed by atoms with Crippen molar-refractivity contribution in [3.63, 3.8) is 0 Å². The highest BCUT2D eigenvalue weighted by Crippen LogP contribution is 2.33. The van der Waals surface area contributed by atoms with Crippen LogP contribution >= 0.6 is 11.8 Å². The number of aromatic nitrogens is 1. The molecule has 5 heteroatoms. The van der Waals surface area contributed by atoms with Crippen molar-refractivity contribution >= 4 is 50.6 Å². The van der Waals surface area contributed by atoms with E-state index in [9.17, 15) is 4.79 Å². The van der Waals surface area contributed by atoms with Gasteiger partial charge in [-0.15, -0.1) is 0 Å². The van der Waals surface area contributed by atoms with E-state index in [1.807, 2.05) is 12.1 Å². The molecule has 1 fully saturated rings. The lowest BCUT2D eigenvalue weighted by Gasteiger charge is -2.09. The Bertz CT molecular complexity index is 1340. The first-order chi connectivity index (χ1) is 14.7. The van der Waals surface area contributed by atoms with Crippen LogP contribution in [0, 0.1) is 0 Å². The lowest BCUT2D eigenvalue weighted by atomic mass is 10.0. The number of para-hydroxylation sites is 1. The molecule has 4 aromatic rings. The zero-order valence-electron chi connectivity index (χ0n) is 16.9. The van der Waals surface area contributed by atoms with Gasteiger partial charge in [-0.3, -0.25) is 14.7 Å². The number of thioether (sulfide) groups is 1. The van der Waals surface area contributed by atoms with E-state index < -0.39 is 0 Å². The third kappa shape index (κ3) is 3.12. The average Bonchev–Trinajstić information content (AvgIpc) is 3.26. The second kappa shape index (κ2) is 7.50. The Balaban J connectivity index is 1.60. The number of rotatable bonds is 3. The van der Waals surface area contributed by atoms with Crippen molar-refractivity contribution in [3.05, 3.63) is 89.0 Å². The van der Waals surface area contributed by atoms with Gasteiger partial charge in [-0.25, -0.2) is 0 Å². The van der Waals surface area contributed by atoms with Crippen LogP contribution in [0.2, 0.25) is 0 Å². The van der Waals surface area contributed by atoms with Gasteiger partial charge < -0.3 is 4.57 Å². The summed E-state index contributed by atoms with van der Waals surface area (Å²) in [6.45, 7) is 0.772. The Kier molecular flexibility index (Phi) is 4.68. The largest absolute Gasteiger partial charge is 0.342 e. The predicted octanol–water partition coefficient (Wildman–Crippen LogP) is 5.37. The highest BCUT2D eigenvalue weighted by Gasteiger charge is 2.30. The molecule has 0 atom stereocenters. The molecule has 0 unspecified atom stereocenters. The molecule has 0 spiro atoms. The van der Waals surface area contributed by atoms with E-state index in [-0.39, 0.29) is 5.91 Å². The van der Waals surface area contributed by atoms with Gasteiger partial charge in [0.2, 0.25) is 0 Å². The van der Waals surface area contributed by atoms with Crippen molar-refractivity contribution < 1.29 is 4.79 Å². The molecule has 1 amide bonds. The van der Waals surface area contributed by atoms with Crippen molar-refractivity contribution in [2.24, 2.45) is 4.99 Å². The molecule has 0 saturated carbocycles. The number of nitrogens with zero attached hydrogens (tertiary/aromatic N) is 3. The minimum absolute atomic E-state index is 0.00788. The number of amides is 1. The molecule has 1 aliphatic rings. The summed E-state index contributed by atoms with van der Waals surface area (Å²) in [7, 11) is 3.48. The van der Waals surface area contributed by atoms with Gasteiger partial charge in [-0.2, -0.15) is 0 Å². The number of aliphatic imine (C=N–C) groups is 1. The SMILES string of the molecule is CN=C1S/C(=C/c2cn(Cc3cccc4ccccc34)c3ccccc23)C(=O)N1C. The number of hydrogen-bond donors (Lipinski definition) is 0. The summed E-state index contributed by atoms with van der Waals surface area (Å²) in [6, 6.07) is 23.3. The molecule has 148 valence electrons. The van der Waals surface area contributed by atoms with Gasteiger partial charge in [-0.1, -0.05) is 60.7 Å². The first-order valence-electron chi connectivity index (χ1n) is 9.84. The standard InChI is InChI=1S/C25H21N3OS/c1-26-25-27(2)24(29)23(30-25)14-19-16-28(22-13-6-5-12-21(19)22)15-18-10-7-9-17-8-3-4-11-20(17)18/h3-14,16H,15H2,1-2H3/b23-14+,26-25?. The minimum atomic E-state index is -0.00788. The fourth-order valence-electron chi connectivity index (χ4n) is 4.03. The molecule has 3 aromatic carbocycles. The number of carbonyl (C=O) groups is 1. The summed E-state index contributed by atoms with van der Waals surface area (Å²) < 4.78 is 2.27. The smallest absolute Gasteiger partial charge is 0.266 e. The summed E-state index contributed by atoms with van der Waals surface area (Å²) in [6.07, 6.45) is 4.14. The van der Waals surface area contributed by atoms with Gasteiger partial charge >= 0.3 is 0 Å². The van der Waals surface area contributed by atoms with Crippen LogP contribution < -0.4 is 0 Å². The summed E-state index contributed by atoms with van der Waals surface area (Å²) in [4.78, 5) is 19.1. The molecule has 4 nitrogen and oxygen atoms in total. The Hall–Kier alpha value is -3.31. The van der Waals surface area contributed by atoms with Crippen LogP contribution in [0.1, 0.15) is 11.1 Å². The number of amidine groups is 1. The highest BCUT2D eigenvalue weighted by molar-refractivity contribution is 8.18. The fourth-order valence-corrected chi connectivity index (χ4v) is 4.94. The van der Waals surface area contributed by atoms with E-state index in [2.05, 4.69) is 76.4 Å². The Morgan fingerprint density at radius 1 is 0.967 bits per heavy atom. The molecular formula is C25H21N3OS. The van der Waals surface area contributed by atoms with Crippen LogP contribution in [0.3, 0.4) is 0 Å². The van der Waals surface area contributed by atoms with Gasteiger partial charge in [0.05, 0.1) is 4.91 Å². The molecule has 1 aromatic heterocycles. The molecule has 0 bridgehead atoms. The van der Waals surface area contributed by atoms with E-state index in [0.29, 0.717) is 4.91 Å². The Morgan fingerprint density at radius 3 is 2.50 bits per heavy atom. The molecule has 2 heterocycles. The van der Waals surface area contributed by atoms with Crippen molar-refractivity contribution in [1.29, 1.82) is 0 Å². The van der Waals surface area contributed by atoms with Gasteiger partial charge in [0.1, 0.15) is 0 Å². The van der Waals surface area contributed by atoms with Crippen LogP contribution in [0.4, 0.5) is 0 Å². The van der Waals surface area contributed by atoms with E-state index >= 15 is 0 Å². The summed E-state index contributed by atoms with van der Waals surface area (Å²) in [5.41, 5.74) is 3.48. The lowest BCUT2D eigenvalue weighted by Crippen LogP contribution is -2.23. The van der Waals surface area contributed by atoms with E-state index in [1.54, 1.807) is 19.0 Å². The van der Waals surface area contributed by atoms with Crippen LogP contribution in [-0.4, -0.2) is 34.6 Å². The summed E-state index contributed by atoms with van der Waals surface area (Å²) >= 11 is 1.42. The number of fused-ring (bicyclic) bond motifs is 2. The van der Waals surface area contributed by atoms with E-state index in [1.165, 1.54) is 28.1 Å². The lowest BCUT2D eigenvalue weighted by molar-refractivity contribution is -0.121. The maximum Gasteiger partial charge on any atom is 0.266 e. The second-order valence-corrected chi connectivity index (χ2v) is 8.36. The normalized spacial score (nSPS) is 17.1. The molecule has 30 heavy (non-hydrogen) atoms. The molecule has 5 rings (SSSR count). The molecular weight excluding hydrogens is 390 g/mol. The number of hydrogen-bond acceptors (Lipinski definition) is 3. The molecule has 0 radical (unpaired) electrons. The first kappa shape index (κ1) is 18.7. The number of benzene rings is 3. The Morgan fingerprint density at radius 2 is 1.70 bits per heavy atom. The van der Waals surface area contributed by atoms with Crippen LogP contribution in [0.25, 0.3) is 27.8 Å².